The Morgan fingerprint density at radius 1 is 0.875 bits per heavy atom. The average Bonchev–Trinajstić information content (AvgIpc) is 2.79. The molecule has 6 nitrogen and oxygen atoms in total. The van der Waals surface area contributed by atoms with E-state index in [2.05, 4.69) is 4.98 Å². The minimum Gasteiger partial charge on any atom is -0.336 e. The number of amides is 1. The van der Waals surface area contributed by atoms with Gasteiger partial charge in [-0.15, -0.1) is 0 Å². The Bertz CT molecular complexity index is 1250. The highest BCUT2D eigenvalue weighted by Crippen LogP contribution is 2.24. The highest BCUT2D eigenvalue weighted by Gasteiger charge is 2.31. The van der Waals surface area contributed by atoms with Crippen molar-refractivity contribution in [2.75, 3.05) is 26.2 Å². The molecule has 0 aliphatic carbocycles. The summed E-state index contributed by atoms with van der Waals surface area (Å²) in [6, 6.07) is 18.9. The van der Waals surface area contributed by atoms with Crippen molar-refractivity contribution in [3.05, 3.63) is 83.0 Å². The summed E-state index contributed by atoms with van der Waals surface area (Å²) < 4.78 is 27.7. The molecule has 4 rings (SSSR count). The fraction of sp³-hybridized carbons (Fsp3) is 0.280. The molecule has 0 atom stereocenters. The number of benzene rings is 2. The summed E-state index contributed by atoms with van der Waals surface area (Å²) >= 11 is 0. The van der Waals surface area contributed by atoms with Gasteiger partial charge in [-0.2, -0.15) is 4.31 Å². The number of hydrogen-bond acceptors (Lipinski definition) is 4. The van der Waals surface area contributed by atoms with E-state index in [0.29, 0.717) is 29.2 Å². The number of aromatic nitrogens is 1. The van der Waals surface area contributed by atoms with Crippen molar-refractivity contribution in [2.24, 2.45) is 0 Å². The van der Waals surface area contributed by atoms with Crippen molar-refractivity contribution < 1.29 is 13.2 Å². The molecule has 2 aromatic carbocycles. The number of carbonyl (C=O) groups is 1. The molecule has 0 radical (unpaired) electrons. The van der Waals surface area contributed by atoms with Gasteiger partial charge in [0, 0.05) is 31.7 Å². The zero-order valence-electron chi connectivity index (χ0n) is 18.6. The fourth-order valence-electron chi connectivity index (χ4n) is 4.09. The van der Waals surface area contributed by atoms with Gasteiger partial charge in [-0.05, 0) is 44.5 Å². The van der Waals surface area contributed by atoms with Crippen molar-refractivity contribution in [3.8, 4) is 11.3 Å². The molecule has 1 saturated heterocycles. The van der Waals surface area contributed by atoms with Gasteiger partial charge in [0.2, 0.25) is 10.0 Å². The smallest absolute Gasteiger partial charge is 0.255 e. The minimum atomic E-state index is -3.58. The van der Waals surface area contributed by atoms with Crippen LogP contribution in [0.5, 0.6) is 0 Å². The van der Waals surface area contributed by atoms with Crippen molar-refractivity contribution in [3.63, 3.8) is 0 Å². The van der Waals surface area contributed by atoms with E-state index in [0.717, 1.165) is 22.4 Å². The lowest BCUT2D eigenvalue weighted by molar-refractivity contribution is 0.0696. The quantitative estimate of drug-likeness (QED) is 0.607. The number of nitrogens with zero attached hydrogens (tertiary/aromatic N) is 3. The third kappa shape index (κ3) is 4.31. The van der Waals surface area contributed by atoms with E-state index in [1.807, 2.05) is 75.4 Å². The summed E-state index contributed by atoms with van der Waals surface area (Å²) in [5.41, 5.74) is 4.81. The molecule has 32 heavy (non-hydrogen) atoms. The van der Waals surface area contributed by atoms with Crippen LogP contribution in [0.15, 0.2) is 65.6 Å². The third-order valence-corrected chi connectivity index (χ3v) is 7.92. The van der Waals surface area contributed by atoms with Crippen LogP contribution in [0, 0.1) is 20.8 Å². The van der Waals surface area contributed by atoms with E-state index >= 15 is 0 Å². The second-order valence-electron chi connectivity index (χ2n) is 8.16. The summed E-state index contributed by atoms with van der Waals surface area (Å²) in [5.74, 6) is -0.113. The monoisotopic (exact) mass is 449 g/mol. The standard InChI is InChI=1S/C25H27N3O3S/c1-18-9-12-24(19(2)17-18)32(30,31)28-15-13-27(14-16-28)25(29)22-10-11-23(26-20(22)3)21-7-5-4-6-8-21/h4-12,17H,13-16H2,1-3H3. The molecule has 7 heteroatoms. The summed E-state index contributed by atoms with van der Waals surface area (Å²) in [4.78, 5) is 19.8. The maximum Gasteiger partial charge on any atom is 0.255 e. The van der Waals surface area contributed by atoms with E-state index in [9.17, 15) is 13.2 Å². The molecule has 0 saturated carbocycles. The first-order chi connectivity index (χ1) is 15.3. The molecule has 0 unspecified atom stereocenters. The topological polar surface area (TPSA) is 70.6 Å². The second-order valence-corrected chi connectivity index (χ2v) is 10.1. The van der Waals surface area contributed by atoms with Crippen molar-refractivity contribution >= 4 is 15.9 Å². The molecular weight excluding hydrogens is 422 g/mol. The molecule has 1 aliphatic rings. The van der Waals surface area contributed by atoms with Gasteiger partial charge < -0.3 is 4.90 Å². The van der Waals surface area contributed by atoms with Gasteiger partial charge in [-0.3, -0.25) is 9.78 Å². The predicted molar refractivity (Wildman–Crippen MR) is 125 cm³/mol. The van der Waals surface area contributed by atoms with Crippen LogP contribution < -0.4 is 0 Å². The SMILES string of the molecule is Cc1ccc(S(=O)(=O)N2CCN(C(=O)c3ccc(-c4ccccc4)nc3C)CC2)c(C)c1. The van der Waals surface area contributed by atoms with Crippen LogP contribution in [0.25, 0.3) is 11.3 Å². The zero-order valence-corrected chi connectivity index (χ0v) is 19.4. The molecule has 0 spiro atoms. The molecule has 1 amide bonds. The van der Waals surface area contributed by atoms with Gasteiger partial charge in [0.25, 0.3) is 5.91 Å². The van der Waals surface area contributed by atoms with E-state index in [-0.39, 0.29) is 19.0 Å². The summed E-state index contributed by atoms with van der Waals surface area (Å²) in [5, 5.41) is 0. The number of carbonyl (C=O) groups excluding carboxylic acids is 1. The number of sulfonamides is 1. The molecule has 3 aromatic rings. The Morgan fingerprint density at radius 3 is 2.19 bits per heavy atom. The predicted octanol–water partition coefficient (Wildman–Crippen LogP) is 3.82. The van der Waals surface area contributed by atoms with Crippen LogP contribution in [0.1, 0.15) is 27.2 Å². The van der Waals surface area contributed by atoms with Gasteiger partial charge in [-0.25, -0.2) is 8.42 Å². The molecule has 166 valence electrons. The number of aryl methyl sites for hydroxylation is 3. The van der Waals surface area contributed by atoms with E-state index in [1.54, 1.807) is 11.0 Å². The lowest BCUT2D eigenvalue weighted by atomic mass is 10.1. The molecule has 1 aliphatic heterocycles. The van der Waals surface area contributed by atoms with Crippen LogP contribution in [0.4, 0.5) is 0 Å². The molecule has 0 bridgehead atoms. The molecule has 0 N–H and O–H groups in total. The minimum absolute atomic E-state index is 0.113. The highest BCUT2D eigenvalue weighted by molar-refractivity contribution is 7.89. The first-order valence-electron chi connectivity index (χ1n) is 10.7. The van der Waals surface area contributed by atoms with Crippen LogP contribution in [-0.4, -0.2) is 54.7 Å². The summed E-state index contributed by atoms with van der Waals surface area (Å²) in [7, 11) is -3.58. The lowest BCUT2D eigenvalue weighted by Gasteiger charge is -2.34. The van der Waals surface area contributed by atoms with E-state index < -0.39 is 10.0 Å². The number of hydrogen-bond donors (Lipinski definition) is 0. The first-order valence-corrected chi connectivity index (χ1v) is 12.1. The zero-order chi connectivity index (χ0) is 22.9. The molecule has 2 heterocycles. The first kappa shape index (κ1) is 22.2. The van der Waals surface area contributed by atoms with Crippen molar-refractivity contribution in [1.82, 2.24) is 14.2 Å². The summed E-state index contributed by atoms with van der Waals surface area (Å²) in [6.07, 6.45) is 0. The fourth-order valence-corrected chi connectivity index (χ4v) is 5.71. The Morgan fingerprint density at radius 2 is 1.56 bits per heavy atom. The Kier molecular flexibility index (Phi) is 6.13. The number of rotatable bonds is 4. The van der Waals surface area contributed by atoms with Crippen LogP contribution >= 0.6 is 0 Å². The van der Waals surface area contributed by atoms with Gasteiger partial charge in [0.1, 0.15) is 0 Å². The van der Waals surface area contributed by atoms with Crippen LogP contribution in [0.3, 0.4) is 0 Å². The second kappa shape index (κ2) is 8.84. The van der Waals surface area contributed by atoms with Crippen molar-refractivity contribution in [1.29, 1.82) is 0 Å². The van der Waals surface area contributed by atoms with Crippen LogP contribution in [-0.2, 0) is 10.0 Å². The lowest BCUT2D eigenvalue weighted by Crippen LogP contribution is -2.50. The van der Waals surface area contributed by atoms with Gasteiger partial charge in [-0.1, -0.05) is 48.0 Å². The van der Waals surface area contributed by atoms with Crippen molar-refractivity contribution in [2.45, 2.75) is 25.7 Å². The Labute approximate surface area is 189 Å². The average molecular weight is 450 g/mol. The normalized spacial score (nSPS) is 15.0. The Balaban J connectivity index is 1.47. The summed E-state index contributed by atoms with van der Waals surface area (Å²) in [6.45, 7) is 6.84. The van der Waals surface area contributed by atoms with Gasteiger partial charge in [0.05, 0.1) is 21.8 Å². The van der Waals surface area contributed by atoms with Gasteiger partial charge in [0.15, 0.2) is 0 Å². The van der Waals surface area contributed by atoms with E-state index in [1.165, 1.54) is 4.31 Å². The maximum atomic E-state index is 13.1. The van der Waals surface area contributed by atoms with Gasteiger partial charge >= 0.3 is 0 Å². The number of piperazine rings is 1. The largest absolute Gasteiger partial charge is 0.336 e. The molecular formula is C25H27N3O3S. The third-order valence-electron chi connectivity index (χ3n) is 5.86. The maximum absolute atomic E-state index is 13.1. The van der Waals surface area contributed by atoms with Crippen LogP contribution in [0.2, 0.25) is 0 Å². The van der Waals surface area contributed by atoms with E-state index in [4.69, 9.17) is 0 Å². The highest BCUT2D eigenvalue weighted by atomic mass is 32.2. The molecule has 1 aromatic heterocycles. The molecule has 1 fully saturated rings. The Hall–Kier alpha value is -3.03. The number of pyridine rings is 1.